The van der Waals surface area contributed by atoms with Crippen LogP contribution in [-0.4, -0.2) is 51.0 Å². The first-order valence-corrected chi connectivity index (χ1v) is 12.3. The lowest BCUT2D eigenvalue weighted by molar-refractivity contribution is 0.0757. The summed E-state index contributed by atoms with van der Waals surface area (Å²) in [5, 5.41) is 0. The fraction of sp³-hybridized carbons (Fsp3) is 0.522. The van der Waals surface area contributed by atoms with Gasteiger partial charge in [-0.25, -0.2) is 8.42 Å². The van der Waals surface area contributed by atoms with Gasteiger partial charge < -0.3 is 14.4 Å². The Bertz CT molecular complexity index is 1080. The monoisotopic (exact) mass is 446 g/mol. The standard InChI is InChI=1S/C23H34N4O3S/c1-16-11-12-19(15-20(16)25(4)5)24-31(29,30)22-18(3)26(6)17(2)21(22)23(28)27-13-9-7-8-10-14-27/h11-12,15,24H,7-10,13-14H2,1-6H3. The van der Waals surface area contributed by atoms with Gasteiger partial charge in [0.15, 0.2) is 0 Å². The maximum Gasteiger partial charge on any atom is 0.264 e. The van der Waals surface area contributed by atoms with E-state index in [1.165, 1.54) is 0 Å². The van der Waals surface area contributed by atoms with E-state index in [2.05, 4.69) is 4.72 Å². The SMILES string of the molecule is Cc1ccc(NS(=O)(=O)c2c(C(=O)N3CCCCCC3)c(C)n(C)c2C)cc1N(C)C. The Hall–Kier alpha value is -2.48. The van der Waals surface area contributed by atoms with E-state index in [4.69, 9.17) is 0 Å². The molecule has 1 N–H and O–H groups in total. The molecule has 0 spiro atoms. The molecule has 2 aromatic rings. The highest BCUT2D eigenvalue weighted by atomic mass is 32.2. The van der Waals surface area contributed by atoms with Crippen LogP contribution in [0.25, 0.3) is 0 Å². The minimum absolute atomic E-state index is 0.0775. The average Bonchev–Trinajstić information content (AvgIpc) is 2.90. The predicted molar refractivity (Wildman–Crippen MR) is 126 cm³/mol. The van der Waals surface area contributed by atoms with Crippen molar-refractivity contribution in [3.8, 4) is 0 Å². The van der Waals surface area contributed by atoms with Gasteiger partial charge in [0.2, 0.25) is 0 Å². The zero-order chi connectivity index (χ0) is 22.9. The van der Waals surface area contributed by atoms with E-state index >= 15 is 0 Å². The number of nitrogens with one attached hydrogen (secondary N) is 1. The number of carbonyl (C=O) groups excluding carboxylic acids is 1. The minimum atomic E-state index is -3.96. The molecule has 0 bridgehead atoms. The Labute approximate surface area is 186 Å². The summed E-state index contributed by atoms with van der Waals surface area (Å²) >= 11 is 0. The lowest BCUT2D eigenvalue weighted by Gasteiger charge is -2.21. The van der Waals surface area contributed by atoms with Crippen LogP contribution in [0, 0.1) is 20.8 Å². The molecule has 1 aromatic heterocycles. The van der Waals surface area contributed by atoms with E-state index in [9.17, 15) is 13.2 Å². The first-order valence-electron chi connectivity index (χ1n) is 10.8. The van der Waals surface area contributed by atoms with Crippen molar-refractivity contribution >= 4 is 27.3 Å². The van der Waals surface area contributed by atoms with Crippen molar-refractivity contribution < 1.29 is 13.2 Å². The topological polar surface area (TPSA) is 74.6 Å². The van der Waals surface area contributed by atoms with E-state index in [-0.39, 0.29) is 16.4 Å². The van der Waals surface area contributed by atoms with Crippen LogP contribution < -0.4 is 9.62 Å². The molecule has 1 aliphatic heterocycles. The van der Waals surface area contributed by atoms with E-state index in [1.807, 2.05) is 49.9 Å². The van der Waals surface area contributed by atoms with Crippen LogP contribution in [0.15, 0.2) is 23.1 Å². The normalized spacial score (nSPS) is 15.0. The molecule has 1 amide bonds. The van der Waals surface area contributed by atoms with Crippen molar-refractivity contribution in [2.45, 2.75) is 51.3 Å². The van der Waals surface area contributed by atoms with Gasteiger partial charge in [0.1, 0.15) is 4.90 Å². The number of amides is 1. The number of hydrogen-bond acceptors (Lipinski definition) is 4. The fourth-order valence-electron chi connectivity index (χ4n) is 4.29. The second-order valence-electron chi connectivity index (χ2n) is 8.64. The van der Waals surface area contributed by atoms with Crippen LogP contribution in [0.4, 0.5) is 11.4 Å². The summed E-state index contributed by atoms with van der Waals surface area (Å²) in [6, 6.07) is 5.45. The first-order chi connectivity index (χ1) is 14.5. The third-order valence-electron chi connectivity index (χ3n) is 6.24. The van der Waals surface area contributed by atoms with Gasteiger partial charge in [-0.3, -0.25) is 9.52 Å². The second-order valence-corrected chi connectivity index (χ2v) is 10.3. The Morgan fingerprint density at radius 1 is 1.00 bits per heavy atom. The van der Waals surface area contributed by atoms with Crippen LogP contribution in [-0.2, 0) is 17.1 Å². The highest BCUT2D eigenvalue weighted by molar-refractivity contribution is 7.92. The van der Waals surface area contributed by atoms with Crippen LogP contribution >= 0.6 is 0 Å². The van der Waals surface area contributed by atoms with Crippen LogP contribution in [0.2, 0.25) is 0 Å². The van der Waals surface area contributed by atoms with E-state index in [0.29, 0.717) is 30.2 Å². The molecule has 1 aliphatic rings. The van der Waals surface area contributed by atoms with E-state index < -0.39 is 10.0 Å². The van der Waals surface area contributed by atoms with Crippen molar-refractivity contribution in [3.05, 3.63) is 40.7 Å². The maximum absolute atomic E-state index is 13.5. The van der Waals surface area contributed by atoms with Gasteiger partial charge in [-0.05, 0) is 51.3 Å². The number of benzene rings is 1. The lowest BCUT2D eigenvalue weighted by atomic mass is 10.2. The number of sulfonamides is 1. The van der Waals surface area contributed by atoms with Crippen molar-refractivity contribution in [3.63, 3.8) is 0 Å². The number of aromatic nitrogens is 1. The summed E-state index contributed by atoms with van der Waals surface area (Å²) < 4.78 is 31.5. The summed E-state index contributed by atoms with van der Waals surface area (Å²) in [5.41, 5.74) is 3.98. The quantitative estimate of drug-likeness (QED) is 0.757. The maximum atomic E-state index is 13.5. The number of hydrogen-bond donors (Lipinski definition) is 1. The lowest BCUT2D eigenvalue weighted by Crippen LogP contribution is -2.33. The minimum Gasteiger partial charge on any atom is -0.377 e. The molecule has 8 heteroatoms. The number of anilines is 2. The third-order valence-corrected chi connectivity index (χ3v) is 7.78. The predicted octanol–water partition coefficient (Wildman–Crippen LogP) is 3.83. The van der Waals surface area contributed by atoms with Gasteiger partial charge in [0.05, 0.1) is 11.3 Å². The van der Waals surface area contributed by atoms with E-state index in [1.54, 1.807) is 24.6 Å². The van der Waals surface area contributed by atoms with Gasteiger partial charge in [-0.2, -0.15) is 0 Å². The Balaban J connectivity index is 2.04. The molecule has 2 heterocycles. The highest BCUT2D eigenvalue weighted by Crippen LogP contribution is 2.31. The summed E-state index contributed by atoms with van der Waals surface area (Å²) in [4.78, 5) is 17.3. The van der Waals surface area contributed by atoms with Crippen molar-refractivity contribution in [2.24, 2.45) is 7.05 Å². The van der Waals surface area contributed by atoms with Crippen LogP contribution in [0.5, 0.6) is 0 Å². The second kappa shape index (κ2) is 8.94. The Kier molecular flexibility index (Phi) is 6.69. The molecule has 0 atom stereocenters. The first kappa shape index (κ1) is 23.2. The van der Waals surface area contributed by atoms with Crippen molar-refractivity contribution in [2.75, 3.05) is 36.8 Å². The molecule has 1 aromatic carbocycles. The smallest absolute Gasteiger partial charge is 0.264 e. The fourth-order valence-corrected chi connectivity index (χ4v) is 5.86. The van der Waals surface area contributed by atoms with Gasteiger partial charge >= 0.3 is 0 Å². The highest BCUT2D eigenvalue weighted by Gasteiger charge is 2.33. The molecule has 31 heavy (non-hydrogen) atoms. The van der Waals surface area contributed by atoms with Crippen molar-refractivity contribution in [1.82, 2.24) is 9.47 Å². The Morgan fingerprint density at radius 2 is 1.61 bits per heavy atom. The van der Waals surface area contributed by atoms with Gasteiger partial charge in [-0.1, -0.05) is 18.9 Å². The zero-order valence-electron chi connectivity index (χ0n) is 19.4. The summed E-state index contributed by atoms with van der Waals surface area (Å²) in [6.45, 7) is 6.89. The number of likely N-dealkylation sites (tertiary alicyclic amines) is 1. The van der Waals surface area contributed by atoms with Crippen LogP contribution in [0.1, 0.15) is 53.0 Å². The van der Waals surface area contributed by atoms with Gasteiger partial charge in [-0.15, -0.1) is 0 Å². The van der Waals surface area contributed by atoms with Crippen molar-refractivity contribution in [1.29, 1.82) is 0 Å². The zero-order valence-corrected chi connectivity index (χ0v) is 20.3. The summed E-state index contributed by atoms with van der Waals surface area (Å²) in [7, 11) is 1.68. The van der Waals surface area contributed by atoms with Crippen LogP contribution in [0.3, 0.4) is 0 Å². The summed E-state index contributed by atoms with van der Waals surface area (Å²) in [5.74, 6) is -0.193. The Morgan fingerprint density at radius 3 is 2.19 bits per heavy atom. The molecule has 0 saturated carbocycles. The molecule has 7 nitrogen and oxygen atoms in total. The number of nitrogens with zero attached hydrogens (tertiary/aromatic N) is 3. The molecule has 0 aliphatic carbocycles. The molecule has 1 saturated heterocycles. The molecule has 0 radical (unpaired) electrons. The average molecular weight is 447 g/mol. The molecule has 170 valence electrons. The number of rotatable bonds is 5. The number of aryl methyl sites for hydroxylation is 1. The molecule has 1 fully saturated rings. The van der Waals surface area contributed by atoms with Gasteiger partial charge in [0.25, 0.3) is 15.9 Å². The van der Waals surface area contributed by atoms with Gasteiger partial charge in [0, 0.05) is 51.3 Å². The molecular formula is C23H34N4O3S. The van der Waals surface area contributed by atoms with E-state index in [0.717, 1.165) is 36.9 Å². The molecule has 3 rings (SSSR count). The third kappa shape index (κ3) is 4.59. The molecular weight excluding hydrogens is 412 g/mol. The molecule has 0 unspecified atom stereocenters. The largest absolute Gasteiger partial charge is 0.377 e. The number of carbonyl (C=O) groups is 1. The summed E-state index contributed by atoms with van der Waals surface area (Å²) in [6.07, 6.45) is 4.11.